The van der Waals surface area contributed by atoms with Crippen LogP contribution in [0.5, 0.6) is 0 Å². The van der Waals surface area contributed by atoms with Crippen LogP contribution in [0.25, 0.3) is 21.6 Å². The van der Waals surface area contributed by atoms with Crippen molar-refractivity contribution >= 4 is 22.9 Å². The maximum atomic E-state index is 10.1. The molecule has 22 heavy (non-hydrogen) atoms. The van der Waals surface area contributed by atoms with Gasteiger partial charge in [0.1, 0.15) is 24.6 Å². The van der Waals surface area contributed by atoms with Gasteiger partial charge < -0.3 is 25.8 Å². The second-order valence-corrected chi connectivity index (χ2v) is 4.63. The number of fused-ring (bicyclic) bond motifs is 1. The van der Waals surface area contributed by atoms with E-state index in [0.29, 0.717) is 0 Å². The van der Waals surface area contributed by atoms with Crippen LogP contribution in [-0.4, -0.2) is 59.8 Å². The SMILES string of the molecule is [N-]=[N+]=Nc1nc2c(N)ncnc2n1[C@H]1O[C@@H](CO)[C@@H](O)[C@H]1O. The molecule has 1 fully saturated rings. The van der Waals surface area contributed by atoms with Gasteiger partial charge in [-0.25, -0.2) is 15.0 Å². The summed E-state index contributed by atoms with van der Waals surface area (Å²) in [5.41, 5.74) is 14.7. The summed E-state index contributed by atoms with van der Waals surface area (Å²) in [5, 5.41) is 32.5. The Morgan fingerprint density at radius 3 is 2.82 bits per heavy atom. The quantitative estimate of drug-likeness (QED) is 0.314. The minimum Gasteiger partial charge on any atom is -0.394 e. The summed E-state index contributed by atoms with van der Waals surface area (Å²) in [6.07, 6.45) is -3.65. The van der Waals surface area contributed by atoms with Crippen molar-refractivity contribution in [2.75, 3.05) is 12.3 Å². The Bertz CT molecular complexity index is 757. The van der Waals surface area contributed by atoms with E-state index in [1.54, 1.807) is 0 Å². The second-order valence-electron chi connectivity index (χ2n) is 4.63. The van der Waals surface area contributed by atoms with Crippen molar-refractivity contribution in [3.63, 3.8) is 0 Å². The van der Waals surface area contributed by atoms with Gasteiger partial charge in [0, 0.05) is 4.91 Å². The predicted molar refractivity (Wildman–Crippen MR) is 71.6 cm³/mol. The van der Waals surface area contributed by atoms with Crippen LogP contribution >= 0.6 is 0 Å². The molecule has 12 nitrogen and oxygen atoms in total. The van der Waals surface area contributed by atoms with Crippen molar-refractivity contribution < 1.29 is 20.1 Å². The fourth-order valence-corrected chi connectivity index (χ4v) is 2.35. The molecule has 0 aromatic carbocycles. The monoisotopic (exact) mass is 308 g/mol. The number of nitrogens with zero attached hydrogens (tertiary/aromatic N) is 7. The Hall–Kier alpha value is -2.50. The third-order valence-electron chi connectivity index (χ3n) is 3.39. The van der Waals surface area contributed by atoms with Crippen molar-refractivity contribution in [1.82, 2.24) is 19.5 Å². The maximum absolute atomic E-state index is 10.1. The van der Waals surface area contributed by atoms with Crippen molar-refractivity contribution in [2.45, 2.75) is 24.5 Å². The van der Waals surface area contributed by atoms with Gasteiger partial charge in [-0.2, -0.15) is 0 Å². The van der Waals surface area contributed by atoms with Crippen LogP contribution in [-0.2, 0) is 4.74 Å². The number of hydrogen-bond acceptors (Lipinski definition) is 9. The molecule has 2 aromatic heterocycles. The van der Waals surface area contributed by atoms with E-state index in [1.807, 2.05) is 0 Å². The molecule has 0 bridgehead atoms. The van der Waals surface area contributed by atoms with E-state index >= 15 is 0 Å². The number of rotatable bonds is 3. The number of hydrogen-bond donors (Lipinski definition) is 4. The van der Waals surface area contributed by atoms with E-state index in [1.165, 1.54) is 10.9 Å². The lowest BCUT2D eigenvalue weighted by atomic mass is 10.1. The third-order valence-corrected chi connectivity index (χ3v) is 3.39. The Balaban J connectivity index is 2.19. The minimum atomic E-state index is -1.38. The molecule has 3 rings (SSSR count). The molecule has 5 N–H and O–H groups in total. The molecule has 0 aliphatic carbocycles. The van der Waals surface area contributed by atoms with Gasteiger partial charge in [0.2, 0.25) is 5.95 Å². The fourth-order valence-electron chi connectivity index (χ4n) is 2.35. The Morgan fingerprint density at radius 2 is 2.18 bits per heavy atom. The van der Waals surface area contributed by atoms with Crippen LogP contribution < -0.4 is 5.73 Å². The minimum absolute atomic E-state index is 0.0601. The zero-order chi connectivity index (χ0) is 15.9. The van der Waals surface area contributed by atoms with E-state index in [-0.39, 0.29) is 22.9 Å². The number of nitrogens with two attached hydrogens (primary N) is 1. The highest BCUT2D eigenvalue weighted by molar-refractivity contribution is 5.83. The summed E-state index contributed by atoms with van der Waals surface area (Å²) in [5.74, 6) is -0.0931. The van der Waals surface area contributed by atoms with Crippen LogP contribution in [0, 0.1) is 0 Å². The van der Waals surface area contributed by atoms with Gasteiger partial charge in [0.25, 0.3) is 0 Å². The summed E-state index contributed by atoms with van der Waals surface area (Å²) < 4.78 is 6.61. The summed E-state index contributed by atoms with van der Waals surface area (Å²) in [6, 6.07) is 0. The van der Waals surface area contributed by atoms with E-state index in [4.69, 9.17) is 21.1 Å². The van der Waals surface area contributed by atoms with Gasteiger partial charge in [0.15, 0.2) is 23.2 Å². The van der Waals surface area contributed by atoms with Crippen LogP contribution in [0.3, 0.4) is 0 Å². The van der Waals surface area contributed by atoms with E-state index in [2.05, 4.69) is 25.0 Å². The lowest BCUT2D eigenvalue weighted by Crippen LogP contribution is -2.33. The van der Waals surface area contributed by atoms with Gasteiger partial charge >= 0.3 is 0 Å². The molecule has 0 saturated carbocycles. The topological polar surface area (TPSA) is 188 Å². The highest BCUT2D eigenvalue weighted by Gasteiger charge is 2.44. The van der Waals surface area contributed by atoms with Crippen molar-refractivity contribution in [1.29, 1.82) is 0 Å². The molecular formula is C10H12N8O4. The second kappa shape index (κ2) is 5.36. The van der Waals surface area contributed by atoms with Crippen molar-refractivity contribution in [3.8, 4) is 0 Å². The van der Waals surface area contributed by atoms with Crippen molar-refractivity contribution in [3.05, 3.63) is 16.8 Å². The molecule has 4 atom stereocenters. The molecule has 3 heterocycles. The van der Waals surface area contributed by atoms with E-state index in [9.17, 15) is 10.2 Å². The number of azide groups is 1. The highest BCUT2D eigenvalue weighted by atomic mass is 16.6. The van der Waals surface area contributed by atoms with E-state index < -0.39 is 31.1 Å². The predicted octanol–water partition coefficient (Wildman–Crippen LogP) is -1.04. The summed E-state index contributed by atoms with van der Waals surface area (Å²) in [6.45, 7) is -0.491. The Labute approximate surface area is 122 Å². The normalized spacial score (nSPS) is 28.0. The standard InChI is InChI=1S/C10H12N8O4/c11-7-4-8(14-2-13-7)18(10(15-4)16-17-12)9-6(21)5(20)3(1-19)22-9/h2-3,5-6,9,19-21H,1H2,(H2,11,13,14)/t3-,5+,6+,9-/m0/s1. The molecule has 116 valence electrons. The van der Waals surface area contributed by atoms with Gasteiger partial charge in [-0.05, 0) is 10.6 Å². The highest BCUT2D eigenvalue weighted by Crippen LogP contribution is 2.35. The first kappa shape index (κ1) is 14.4. The first-order valence-electron chi connectivity index (χ1n) is 6.24. The third kappa shape index (κ3) is 2.03. The average Bonchev–Trinajstić information content (AvgIpc) is 3.00. The first-order chi connectivity index (χ1) is 10.6. The average molecular weight is 308 g/mol. The smallest absolute Gasteiger partial charge is 0.201 e. The number of aliphatic hydroxyl groups excluding tert-OH is 3. The molecule has 0 radical (unpaired) electrons. The maximum Gasteiger partial charge on any atom is 0.201 e. The molecule has 1 saturated heterocycles. The van der Waals surface area contributed by atoms with Crippen LogP contribution in [0.1, 0.15) is 6.23 Å². The number of anilines is 1. The van der Waals surface area contributed by atoms with Gasteiger partial charge in [-0.3, -0.25) is 4.57 Å². The molecule has 0 amide bonds. The van der Waals surface area contributed by atoms with Crippen LogP contribution in [0.4, 0.5) is 11.8 Å². The molecule has 1 aliphatic heterocycles. The molecule has 0 spiro atoms. The van der Waals surface area contributed by atoms with Gasteiger partial charge in [0.05, 0.1) is 6.61 Å². The van der Waals surface area contributed by atoms with Crippen LogP contribution in [0.15, 0.2) is 11.4 Å². The number of aromatic nitrogens is 4. The van der Waals surface area contributed by atoms with E-state index in [0.717, 1.165) is 0 Å². The molecule has 2 aromatic rings. The molecule has 0 unspecified atom stereocenters. The molecular weight excluding hydrogens is 296 g/mol. The van der Waals surface area contributed by atoms with Gasteiger partial charge in [-0.1, -0.05) is 0 Å². The number of imidazole rings is 1. The lowest BCUT2D eigenvalue weighted by molar-refractivity contribution is -0.0502. The zero-order valence-corrected chi connectivity index (χ0v) is 11.1. The van der Waals surface area contributed by atoms with Crippen LogP contribution in [0.2, 0.25) is 0 Å². The Kier molecular flexibility index (Phi) is 3.52. The summed E-state index contributed by atoms with van der Waals surface area (Å²) in [4.78, 5) is 14.4. The fraction of sp³-hybridized carbons (Fsp3) is 0.500. The van der Waals surface area contributed by atoms with Crippen molar-refractivity contribution in [2.24, 2.45) is 5.11 Å². The number of nitrogen functional groups attached to an aromatic ring is 1. The number of aliphatic hydroxyl groups is 3. The lowest BCUT2D eigenvalue weighted by Gasteiger charge is -2.17. The number of ether oxygens (including phenoxy) is 1. The Morgan fingerprint density at radius 1 is 1.41 bits per heavy atom. The molecule has 1 aliphatic rings. The largest absolute Gasteiger partial charge is 0.394 e. The van der Waals surface area contributed by atoms with Gasteiger partial charge in [-0.15, -0.1) is 0 Å². The zero-order valence-electron chi connectivity index (χ0n) is 11.1. The first-order valence-corrected chi connectivity index (χ1v) is 6.24. The summed E-state index contributed by atoms with van der Waals surface area (Å²) in [7, 11) is 0. The summed E-state index contributed by atoms with van der Waals surface area (Å²) >= 11 is 0. The molecule has 12 heteroatoms.